The largest absolute Gasteiger partial charge is 0.326 e. The monoisotopic (exact) mass is 246 g/mol. The van der Waals surface area contributed by atoms with Crippen molar-refractivity contribution in [3.8, 4) is 11.5 Å². The van der Waals surface area contributed by atoms with Gasteiger partial charge in [-0.3, -0.25) is 0 Å². The van der Waals surface area contributed by atoms with Gasteiger partial charge in [0.15, 0.2) is 5.82 Å². The van der Waals surface area contributed by atoms with Gasteiger partial charge in [0.1, 0.15) is 11.5 Å². The minimum Gasteiger partial charge on any atom is -0.326 e. The van der Waals surface area contributed by atoms with Gasteiger partial charge in [-0.25, -0.2) is 19.3 Å². The maximum Gasteiger partial charge on any atom is 0.178 e. The molecular formula is C13H15FN4. The van der Waals surface area contributed by atoms with E-state index in [1.807, 2.05) is 13.8 Å². The van der Waals surface area contributed by atoms with Gasteiger partial charge in [-0.1, -0.05) is 13.8 Å². The van der Waals surface area contributed by atoms with Gasteiger partial charge in [0.05, 0.1) is 11.9 Å². The van der Waals surface area contributed by atoms with E-state index < -0.39 is 0 Å². The van der Waals surface area contributed by atoms with Crippen LogP contribution in [0.5, 0.6) is 0 Å². The topological polar surface area (TPSA) is 64.7 Å². The summed E-state index contributed by atoms with van der Waals surface area (Å²) in [6, 6.07) is 2.91. The number of halogens is 1. The molecule has 0 amide bonds. The Hall–Kier alpha value is -1.88. The van der Waals surface area contributed by atoms with Crippen LogP contribution in [0.4, 0.5) is 4.39 Å². The molecule has 0 aliphatic rings. The molecule has 2 aromatic heterocycles. The Labute approximate surface area is 105 Å². The molecule has 0 radical (unpaired) electrons. The van der Waals surface area contributed by atoms with E-state index in [1.165, 1.54) is 6.07 Å². The SMILES string of the molecule is CC(C)c1nc(-c2ccc(F)cn2)ncc1CN. The fourth-order valence-electron chi connectivity index (χ4n) is 1.71. The summed E-state index contributed by atoms with van der Waals surface area (Å²) in [4.78, 5) is 12.7. The molecule has 0 spiro atoms. The number of pyridine rings is 1. The Morgan fingerprint density at radius 2 is 2.00 bits per heavy atom. The molecule has 4 nitrogen and oxygen atoms in total. The second kappa shape index (κ2) is 5.18. The average molecular weight is 246 g/mol. The average Bonchev–Trinajstić information content (AvgIpc) is 2.39. The first-order chi connectivity index (χ1) is 8.61. The van der Waals surface area contributed by atoms with Crippen molar-refractivity contribution < 1.29 is 4.39 Å². The number of nitrogens with two attached hydrogens (primary N) is 1. The van der Waals surface area contributed by atoms with Gasteiger partial charge in [0, 0.05) is 18.3 Å². The Kier molecular flexibility index (Phi) is 3.62. The quantitative estimate of drug-likeness (QED) is 0.902. The lowest BCUT2D eigenvalue weighted by Gasteiger charge is -2.11. The maximum absolute atomic E-state index is 12.8. The normalized spacial score (nSPS) is 10.9. The second-order valence-corrected chi connectivity index (χ2v) is 4.32. The smallest absolute Gasteiger partial charge is 0.178 e. The zero-order valence-electron chi connectivity index (χ0n) is 10.4. The fraction of sp³-hybridized carbons (Fsp3) is 0.308. The van der Waals surface area contributed by atoms with Crippen LogP contribution in [-0.4, -0.2) is 15.0 Å². The van der Waals surface area contributed by atoms with Crippen LogP contribution < -0.4 is 5.73 Å². The lowest BCUT2D eigenvalue weighted by atomic mass is 10.1. The number of hydrogen-bond acceptors (Lipinski definition) is 4. The summed E-state index contributed by atoms with van der Waals surface area (Å²) in [7, 11) is 0. The van der Waals surface area contributed by atoms with Crippen molar-refractivity contribution in [2.45, 2.75) is 26.3 Å². The lowest BCUT2D eigenvalue weighted by Crippen LogP contribution is -2.08. The lowest BCUT2D eigenvalue weighted by molar-refractivity contribution is 0.621. The molecule has 5 heteroatoms. The number of nitrogens with zero attached hydrogens (tertiary/aromatic N) is 3. The van der Waals surface area contributed by atoms with Crippen molar-refractivity contribution in [1.82, 2.24) is 15.0 Å². The van der Waals surface area contributed by atoms with Crippen LogP contribution in [0.1, 0.15) is 31.0 Å². The molecule has 0 aromatic carbocycles. The first-order valence-corrected chi connectivity index (χ1v) is 5.79. The van der Waals surface area contributed by atoms with Gasteiger partial charge in [-0.05, 0) is 18.1 Å². The van der Waals surface area contributed by atoms with Crippen LogP contribution in [-0.2, 0) is 6.54 Å². The Morgan fingerprint density at radius 1 is 1.22 bits per heavy atom. The third-order valence-corrected chi connectivity index (χ3v) is 2.62. The number of aromatic nitrogens is 3. The zero-order chi connectivity index (χ0) is 13.1. The van der Waals surface area contributed by atoms with Crippen LogP contribution in [0.3, 0.4) is 0 Å². The van der Waals surface area contributed by atoms with E-state index in [0.29, 0.717) is 18.1 Å². The Morgan fingerprint density at radius 3 is 2.56 bits per heavy atom. The van der Waals surface area contributed by atoms with Crippen molar-refractivity contribution in [3.05, 3.63) is 41.6 Å². The molecule has 2 heterocycles. The molecule has 0 saturated carbocycles. The van der Waals surface area contributed by atoms with Crippen LogP contribution in [0, 0.1) is 5.82 Å². The highest BCUT2D eigenvalue weighted by Gasteiger charge is 2.11. The molecule has 0 fully saturated rings. The molecule has 0 unspecified atom stereocenters. The van der Waals surface area contributed by atoms with E-state index in [-0.39, 0.29) is 11.7 Å². The summed E-state index contributed by atoms with van der Waals surface area (Å²) in [5, 5.41) is 0. The fourth-order valence-corrected chi connectivity index (χ4v) is 1.71. The van der Waals surface area contributed by atoms with E-state index in [1.54, 1.807) is 12.3 Å². The molecular weight excluding hydrogens is 231 g/mol. The van der Waals surface area contributed by atoms with Gasteiger partial charge in [0.25, 0.3) is 0 Å². The van der Waals surface area contributed by atoms with Gasteiger partial charge in [0.2, 0.25) is 0 Å². The second-order valence-electron chi connectivity index (χ2n) is 4.32. The van der Waals surface area contributed by atoms with E-state index >= 15 is 0 Å². The van der Waals surface area contributed by atoms with Gasteiger partial charge in [-0.15, -0.1) is 0 Å². The van der Waals surface area contributed by atoms with E-state index in [0.717, 1.165) is 17.5 Å². The zero-order valence-corrected chi connectivity index (χ0v) is 10.4. The van der Waals surface area contributed by atoms with Crippen molar-refractivity contribution in [1.29, 1.82) is 0 Å². The standard InChI is InChI=1S/C13H15FN4/c1-8(2)12-9(5-15)6-17-13(18-12)11-4-3-10(14)7-16-11/h3-4,6-8H,5,15H2,1-2H3. The van der Waals surface area contributed by atoms with Gasteiger partial charge in [-0.2, -0.15) is 0 Å². The summed E-state index contributed by atoms with van der Waals surface area (Å²) in [5.74, 6) is 0.378. The molecule has 2 N–H and O–H groups in total. The molecule has 0 bridgehead atoms. The van der Waals surface area contributed by atoms with Gasteiger partial charge >= 0.3 is 0 Å². The van der Waals surface area contributed by atoms with Crippen molar-refractivity contribution in [2.75, 3.05) is 0 Å². The highest BCUT2D eigenvalue weighted by atomic mass is 19.1. The maximum atomic E-state index is 12.8. The summed E-state index contributed by atoms with van der Waals surface area (Å²) in [5.41, 5.74) is 8.05. The van der Waals surface area contributed by atoms with Gasteiger partial charge < -0.3 is 5.73 Å². The minimum absolute atomic E-state index is 0.255. The predicted octanol–water partition coefficient (Wildman–Crippen LogP) is 2.26. The molecule has 0 atom stereocenters. The Bertz CT molecular complexity index is 537. The molecule has 0 aliphatic heterocycles. The highest BCUT2D eigenvalue weighted by Crippen LogP contribution is 2.20. The molecule has 18 heavy (non-hydrogen) atoms. The van der Waals surface area contributed by atoms with E-state index in [4.69, 9.17) is 5.73 Å². The summed E-state index contributed by atoms with van der Waals surface area (Å²) in [6.45, 7) is 4.50. The van der Waals surface area contributed by atoms with Crippen molar-refractivity contribution in [2.24, 2.45) is 5.73 Å². The van der Waals surface area contributed by atoms with Crippen LogP contribution >= 0.6 is 0 Å². The summed E-state index contributed by atoms with van der Waals surface area (Å²) < 4.78 is 12.8. The van der Waals surface area contributed by atoms with Crippen LogP contribution in [0.15, 0.2) is 24.5 Å². The molecule has 0 aliphatic carbocycles. The van der Waals surface area contributed by atoms with Crippen LogP contribution in [0.25, 0.3) is 11.5 Å². The molecule has 94 valence electrons. The molecule has 2 rings (SSSR count). The Balaban J connectivity index is 2.46. The number of hydrogen-bond donors (Lipinski definition) is 1. The minimum atomic E-state index is -0.374. The number of rotatable bonds is 3. The van der Waals surface area contributed by atoms with Crippen LogP contribution in [0.2, 0.25) is 0 Å². The first-order valence-electron chi connectivity index (χ1n) is 5.79. The summed E-state index contributed by atoms with van der Waals surface area (Å²) >= 11 is 0. The predicted molar refractivity (Wildman–Crippen MR) is 67.2 cm³/mol. The van der Waals surface area contributed by atoms with Crippen molar-refractivity contribution in [3.63, 3.8) is 0 Å². The third kappa shape index (κ3) is 2.51. The van der Waals surface area contributed by atoms with E-state index in [2.05, 4.69) is 15.0 Å². The first kappa shape index (κ1) is 12.6. The van der Waals surface area contributed by atoms with Crippen molar-refractivity contribution >= 4 is 0 Å². The molecule has 0 saturated heterocycles. The summed E-state index contributed by atoms with van der Waals surface area (Å²) in [6.07, 6.45) is 2.87. The highest BCUT2D eigenvalue weighted by molar-refractivity contribution is 5.49. The van der Waals surface area contributed by atoms with E-state index in [9.17, 15) is 4.39 Å². The molecule has 2 aromatic rings. The third-order valence-electron chi connectivity index (χ3n) is 2.62.